The zero-order valence-electron chi connectivity index (χ0n) is 18.1. The summed E-state index contributed by atoms with van der Waals surface area (Å²) in [5, 5.41) is 6.04. The van der Waals surface area contributed by atoms with Gasteiger partial charge < -0.3 is 15.2 Å². The van der Waals surface area contributed by atoms with Crippen LogP contribution in [-0.4, -0.2) is 34.4 Å². The number of aromatic nitrogens is 1. The molecule has 0 saturated heterocycles. The summed E-state index contributed by atoms with van der Waals surface area (Å²) in [6.07, 6.45) is 2.96. The van der Waals surface area contributed by atoms with Crippen molar-refractivity contribution < 1.29 is 9.59 Å². The van der Waals surface area contributed by atoms with Gasteiger partial charge in [-0.05, 0) is 41.3 Å². The highest BCUT2D eigenvalue weighted by atomic mass is 35.5. The first-order chi connectivity index (χ1) is 15.5. The molecule has 3 aromatic rings. The highest BCUT2D eigenvalue weighted by molar-refractivity contribution is 6.35. The summed E-state index contributed by atoms with van der Waals surface area (Å²) in [5.74, 6) is -1.31. The summed E-state index contributed by atoms with van der Waals surface area (Å²) in [5.41, 5.74) is 4.55. The lowest BCUT2D eigenvalue weighted by atomic mass is 9.98. The number of halogens is 1. The van der Waals surface area contributed by atoms with Crippen LogP contribution in [0.15, 0.2) is 66.9 Å². The fourth-order valence-electron chi connectivity index (χ4n) is 4.19. The van der Waals surface area contributed by atoms with Gasteiger partial charge >= 0.3 is 11.8 Å². The normalized spacial score (nSPS) is 14.4. The standard InChI is InChI=1S/C25H27ClN4O2/c1-29-13-6-11-22(29)23(30-14-12-18-7-2-3-9-20(18)17-30)16-28-25(32)24(31)27-15-19-8-4-5-10-21(19)26/h2-11,13,23H,12,14-17H2,1H3,(H,27,31)(H,28,32). The Labute approximate surface area is 193 Å². The second-order valence-corrected chi connectivity index (χ2v) is 8.44. The number of amides is 2. The van der Waals surface area contributed by atoms with Crippen molar-refractivity contribution in [2.24, 2.45) is 7.05 Å². The third kappa shape index (κ3) is 5.03. The first kappa shape index (κ1) is 22.1. The summed E-state index contributed by atoms with van der Waals surface area (Å²) >= 11 is 6.12. The molecule has 1 aromatic heterocycles. The Morgan fingerprint density at radius 1 is 0.969 bits per heavy atom. The average molecular weight is 451 g/mol. The van der Waals surface area contributed by atoms with Gasteiger partial charge in [-0.1, -0.05) is 54.1 Å². The van der Waals surface area contributed by atoms with Crippen molar-refractivity contribution in [2.45, 2.75) is 25.6 Å². The van der Waals surface area contributed by atoms with E-state index in [0.29, 0.717) is 11.6 Å². The third-order valence-corrected chi connectivity index (χ3v) is 6.35. The van der Waals surface area contributed by atoms with E-state index in [-0.39, 0.29) is 12.6 Å². The van der Waals surface area contributed by atoms with E-state index in [4.69, 9.17) is 11.6 Å². The quantitative estimate of drug-likeness (QED) is 0.567. The van der Waals surface area contributed by atoms with Crippen LogP contribution in [-0.2, 0) is 36.1 Å². The topological polar surface area (TPSA) is 66.4 Å². The van der Waals surface area contributed by atoms with Crippen molar-refractivity contribution in [3.8, 4) is 0 Å². The molecule has 2 amide bonds. The number of aryl methyl sites for hydroxylation is 1. The molecule has 0 radical (unpaired) electrons. The second-order valence-electron chi connectivity index (χ2n) is 8.03. The van der Waals surface area contributed by atoms with Crippen molar-refractivity contribution in [1.82, 2.24) is 20.1 Å². The van der Waals surface area contributed by atoms with E-state index in [9.17, 15) is 9.59 Å². The molecule has 2 N–H and O–H groups in total. The number of carbonyl (C=O) groups excluding carboxylic acids is 2. The van der Waals surface area contributed by atoms with E-state index in [0.717, 1.165) is 30.8 Å². The number of hydrogen-bond donors (Lipinski definition) is 2. The van der Waals surface area contributed by atoms with Crippen molar-refractivity contribution >= 4 is 23.4 Å². The molecule has 0 aliphatic carbocycles. The highest BCUT2D eigenvalue weighted by Crippen LogP contribution is 2.27. The largest absolute Gasteiger partial charge is 0.353 e. The molecule has 1 aliphatic heterocycles. The summed E-state index contributed by atoms with van der Waals surface area (Å²) < 4.78 is 2.06. The lowest BCUT2D eigenvalue weighted by Gasteiger charge is -2.36. The van der Waals surface area contributed by atoms with Crippen LogP contribution in [0.1, 0.15) is 28.4 Å². The van der Waals surface area contributed by atoms with Gasteiger partial charge in [0.25, 0.3) is 0 Å². The SMILES string of the molecule is Cn1cccc1C(CNC(=O)C(=O)NCc1ccccc1Cl)N1CCc2ccccc2C1. The Balaban J connectivity index is 1.41. The van der Waals surface area contributed by atoms with Crippen LogP contribution in [0, 0.1) is 0 Å². The zero-order valence-corrected chi connectivity index (χ0v) is 18.8. The molecule has 32 heavy (non-hydrogen) atoms. The fraction of sp³-hybridized carbons (Fsp3) is 0.280. The Morgan fingerprint density at radius 3 is 2.44 bits per heavy atom. The molecule has 1 atom stereocenters. The van der Waals surface area contributed by atoms with Crippen LogP contribution in [0.25, 0.3) is 0 Å². The molecule has 4 rings (SSSR count). The first-order valence-corrected chi connectivity index (χ1v) is 11.1. The van der Waals surface area contributed by atoms with Gasteiger partial charge in [-0.25, -0.2) is 0 Å². The number of benzene rings is 2. The van der Waals surface area contributed by atoms with Gasteiger partial charge in [0.2, 0.25) is 0 Å². The first-order valence-electron chi connectivity index (χ1n) is 10.7. The van der Waals surface area contributed by atoms with Gasteiger partial charge in [-0.3, -0.25) is 14.5 Å². The van der Waals surface area contributed by atoms with Crippen molar-refractivity contribution in [3.63, 3.8) is 0 Å². The Hall–Kier alpha value is -3.09. The van der Waals surface area contributed by atoms with Crippen molar-refractivity contribution in [1.29, 1.82) is 0 Å². The van der Waals surface area contributed by atoms with Crippen LogP contribution in [0.4, 0.5) is 0 Å². The molecular weight excluding hydrogens is 424 g/mol. The van der Waals surface area contributed by atoms with Gasteiger partial charge in [-0.2, -0.15) is 0 Å². The van der Waals surface area contributed by atoms with Crippen molar-refractivity contribution in [2.75, 3.05) is 13.1 Å². The average Bonchev–Trinajstić information content (AvgIpc) is 3.23. The van der Waals surface area contributed by atoms with Crippen LogP contribution in [0.2, 0.25) is 5.02 Å². The molecule has 1 aliphatic rings. The lowest BCUT2D eigenvalue weighted by Crippen LogP contribution is -2.45. The highest BCUT2D eigenvalue weighted by Gasteiger charge is 2.27. The van der Waals surface area contributed by atoms with Crippen LogP contribution >= 0.6 is 11.6 Å². The van der Waals surface area contributed by atoms with Gasteiger partial charge in [-0.15, -0.1) is 0 Å². The summed E-state index contributed by atoms with van der Waals surface area (Å²) in [4.78, 5) is 27.2. The van der Waals surface area contributed by atoms with E-state index in [2.05, 4.69) is 50.4 Å². The minimum Gasteiger partial charge on any atom is -0.353 e. The predicted molar refractivity (Wildman–Crippen MR) is 125 cm³/mol. The third-order valence-electron chi connectivity index (χ3n) is 5.99. The molecule has 0 saturated carbocycles. The fourth-order valence-corrected chi connectivity index (χ4v) is 4.39. The molecule has 0 bridgehead atoms. The van der Waals surface area contributed by atoms with Gasteiger partial charge in [0.1, 0.15) is 0 Å². The summed E-state index contributed by atoms with van der Waals surface area (Å²) in [6.45, 7) is 2.25. The van der Waals surface area contributed by atoms with Gasteiger partial charge in [0.15, 0.2) is 0 Å². The number of carbonyl (C=O) groups is 2. The molecule has 0 spiro atoms. The Bertz CT molecular complexity index is 1110. The molecular formula is C25H27ClN4O2. The zero-order chi connectivity index (χ0) is 22.5. The number of hydrogen-bond acceptors (Lipinski definition) is 3. The maximum atomic E-state index is 12.5. The Kier molecular flexibility index (Phi) is 6.93. The van der Waals surface area contributed by atoms with Gasteiger partial charge in [0, 0.05) is 50.1 Å². The molecule has 2 aromatic carbocycles. The molecule has 1 unspecified atom stereocenters. The second kappa shape index (κ2) is 10.0. The van der Waals surface area contributed by atoms with E-state index in [1.165, 1.54) is 11.1 Å². The van der Waals surface area contributed by atoms with E-state index >= 15 is 0 Å². The minimum atomic E-state index is -0.667. The molecule has 0 fully saturated rings. The number of rotatable bonds is 6. The summed E-state index contributed by atoms with van der Waals surface area (Å²) in [7, 11) is 2.00. The number of nitrogens with one attached hydrogen (secondary N) is 2. The van der Waals surface area contributed by atoms with E-state index in [1.807, 2.05) is 37.5 Å². The maximum Gasteiger partial charge on any atom is 0.309 e. The monoisotopic (exact) mass is 450 g/mol. The maximum absolute atomic E-state index is 12.5. The van der Waals surface area contributed by atoms with Crippen molar-refractivity contribution in [3.05, 3.63) is 94.3 Å². The molecule has 6 nitrogen and oxygen atoms in total. The summed E-state index contributed by atoms with van der Waals surface area (Å²) in [6, 6.07) is 19.7. The van der Waals surface area contributed by atoms with E-state index in [1.54, 1.807) is 6.07 Å². The molecule has 7 heteroatoms. The van der Waals surface area contributed by atoms with Crippen LogP contribution in [0.3, 0.4) is 0 Å². The molecule has 2 heterocycles. The lowest BCUT2D eigenvalue weighted by molar-refractivity contribution is -0.139. The Morgan fingerprint density at radius 2 is 1.69 bits per heavy atom. The van der Waals surface area contributed by atoms with Crippen LogP contribution in [0.5, 0.6) is 0 Å². The predicted octanol–water partition coefficient (Wildman–Crippen LogP) is 3.21. The van der Waals surface area contributed by atoms with E-state index < -0.39 is 11.8 Å². The number of fused-ring (bicyclic) bond motifs is 1. The minimum absolute atomic E-state index is 0.0383. The van der Waals surface area contributed by atoms with Gasteiger partial charge in [0.05, 0.1) is 6.04 Å². The smallest absolute Gasteiger partial charge is 0.309 e. The molecule has 166 valence electrons. The van der Waals surface area contributed by atoms with Crippen LogP contribution < -0.4 is 10.6 Å². The number of nitrogens with zero attached hydrogens (tertiary/aromatic N) is 2.